The van der Waals surface area contributed by atoms with Crippen LogP contribution in [0.15, 0.2) is 12.7 Å². The van der Waals surface area contributed by atoms with Crippen LogP contribution in [0.2, 0.25) is 0 Å². The summed E-state index contributed by atoms with van der Waals surface area (Å²) in [6, 6.07) is 0. The third kappa shape index (κ3) is 3.01. The van der Waals surface area contributed by atoms with E-state index in [-0.39, 0.29) is 0 Å². The topological polar surface area (TPSA) is 90.4 Å². The molecule has 0 radical (unpaired) electrons. The van der Waals surface area contributed by atoms with E-state index in [4.69, 9.17) is 4.74 Å². The minimum Gasteiger partial charge on any atom is -0.384 e. The number of hydrogen-bond acceptors (Lipinski definition) is 7. The maximum atomic E-state index is 11.1. The lowest BCUT2D eigenvalue weighted by Crippen LogP contribution is -2.52. The summed E-state index contributed by atoms with van der Waals surface area (Å²) in [6.45, 7) is 4.86. The molecule has 0 aromatic carbocycles. The number of nitrogens with zero attached hydrogens (tertiary/aromatic N) is 5. The van der Waals surface area contributed by atoms with Crippen molar-refractivity contribution in [3.63, 3.8) is 0 Å². The van der Waals surface area contributed by atoms with Gasteiger partial charge in [-0.05, 0) is 25.9 Å². The van der Waals surface area contributed by atoms with Gasteiger partial charge in [-0.3, -0.25) is 0 Å². The molecule has 4 heterocycles. The number of anilines is 1. The zero-order chi connectivity index (χ0) is 15.7. The van der Waals surface area contributed by atoms with E-state index in [1.165, 1.54) is 19.2 Å². The van der Waals surface area contributed by atoms with Gasteiger partial charge in [0.25, 0.3) is 0 Å². The summed E-state index contributed by atoms with van der Waals surface area (Å²) in [7, 11) is 0. The van der Waals surface area contributed by atoms with Crippen LogP contribution >= 0.6 is 0 Å². The van der Waals surface area contributed by atoms with Crippen LogP contribution in [0, 0.1) is 0 Å². The maximum Gasteiger partial charge on any atom is 0.182 e. The number of β-amino-alcohol motifs (C(OH)–C–C–N with tert-alkyl or cyclic N) is 1. The number of nitrogens with one attached hydrogen (secondary N) is 1. The third-order valence-corrected chi connectivity index (χ3v) is 4.58. The van der Waals surface area contributed by atoms with Crippen molar-refractivity contribution in [2.45, 2.75) is 18.4 Å². The molecule has 4 rings (SSSR count). The van der Waals surface area contributed by atoms with E-state index >= 15 is 0 Å². The minimum absolute atomic E-state index is 0.358. The van der Waals surface area contributed by atoms with Crippen molar-refractivity contribution < 1.29 is 9.84 Å². The molecule has 1 unspecified atom stereocenters. The van der Waals surface area contributed by atoms with Gasteiger partial charge in [0.15, 0.2) is 11.5 Å². The fourth-order valence-electron chi connectivity index (χ4n) is 3.54. The summed E-state index contributed by atoms with van der Waals surface area (Å²) < 4.78 is 5.68. The number of ether oxygens (including phenoxy) is 1. The Morgan fingerprint density at radius 1 is 1.22 bits per heavy atom. The first kappa shape index (κ1) is 14.8. The van der Waals surface area contributed by atoms with E-state index < -0.39 is 5.60 Å². The molecule has 0 saturated carbocycles. The molecule has 8 nitrogen and oxygen atoms in total. The van der Waals surface area contributed by atoms with E-state index in [2.05, 4.69) is 29.7 Å². The molecule has 8 heteroatoms. The molecule has 1 atom stereocenters. The average Bonchev–Trinajstić information content (AvgIpc) is 3.17. The largest absolute Gasteiger partial charge is 0.384 e. The van der Waals surface area contributed by atoms with Crippen molar-refractivity contribution >= 4 is 17.0 Å². The summed E-state index contributed by atoms with van der Waals surface area (Å²) in [4.78, 5) is 20.2. The van der Waals surface area contributed by atoms with Gasteiger partial charge >= 0.3 is 0 Å². The first-order chi connectivity index (χ1) is 11.2. The number of aliphatic hydroxyl groups is 1. The van der Waals surface area contributed by atoms with Crippen LogP contribution < -0.4 is 4.90 Å². The molecule has 124 valence electrons. The quantitative estimate of drug-likeness (QED) is 0.824. The van der Waals surface area contributed by atoms with Gasteiger partial charge in [0, 0.05) is 13.1 Å². The predicted octanol–water partition coefficient (Wildman–Crippen LogP) is 0.0164. The number of hydrogen-bond donors (Lipinski definition) is 2. The maximum absolute atomic E-state index is 11.1. The number of fused-ring (bicyclic) bond motifs is 1. The van der Waals surface area contributed by atoms with E-state index in [1.54, 1.807) is 6.33 Å². The lowest BCUT2D eigenvalue weighted by Gasteiger charge is -2.34. The highest BCUT2D eigenvalue weighted by Gasteiger charge is 2.36. The first-order valence-electron chi connectivity index (χ1n) is 8.15. The highest BCUT2D eigenvalue weighted by Crippen LogP contribution is 2.24. The van der Waals surface area contributed by atoms with Crippen molar-refractivity contribution in [2.24, 2.45) is 0 Å². The third-order valence-electron chi connectivity index (χ3n) is 4.58. The standard InChI is InChI=1S/C15H22N6O2/c22-15(7-20-3-1-2-4-20)8-21(5-6-23-9-15)14-12-13(17-10-16-12)18-11-19-14/h10-11,22H,1-9H2,(H,16,17,18,19). The fourth-order valence-corrected chi connectivity index (χ4v) is 3.54. The summed E-state index contributed by atoms with van der Waals surface area (Å²) in [5, 5.41) is 11.1. The van der Waals surface area contributed by atoms with Crippen molar-refractivity contribution in [2.75, 3.05) is 50.8 Å². The van der Waals surface area contributed by atoms with Gasteiger partial charge in [-0.25, -0.2) is 15.0 Å². The van der Waals surface area contributed by atoms with E-state index in [0.717, 1.165) is 24.4 Å². The summed E-state index contributed by atoms with van der Waals surface area (Å²) in [5.74, 6) is 0.776. The van der Waals surface area contributed by atoms with Crippen molar-refractivity contribution in [1.29, 1.82) is 0 Å². The SMILES string of the molecule is OC1(CN2CCCC2)COCCN(c2ncnc3nc[nH]c23)C1. The lowest BCUT2D eigenvalue weighted by molar-refractivity contribution is -0.0439. The van der Waals surface area contributed by atoms with Gasteiger partial charge in [0.05, 0.1) is 26.1 Å². The Balaban J connectivity index is 1.59. The van der Waals surface area contributed by atoms with Crippen LogP contribution in [0.1, 0.15) is 12.8 Å². The van der Waals surface area contributed by atoms with Crippen LogP contribution in [0.5, 0.6) is 0 Å². The fraction of sp³-hybridized carbons (Fsp3) is 0.667. The van der Waals surface area contributed by atoms with Crippen LogP contribution in [-0.2, 0) is 4.74 Å². The Kier molecular flexibility index (Phi) is 3.88. The first-order valence-corrected chi connectivity index (χ1v) is 8.15. The van der Waals surface area contributed by atoms with Crippen molar-refractivity contribution in [1.82, 2.24) is 24.8 Å². The van der Waals surface area contributed by atoms with Gasteiger partial charge in [-0.2, -0.15) is 0 Å². The second-order valence-corrected chi connectivity index (χ2v) is 6.48. The Morgan fingerprint density at radius 2 is 2.09 bits per heavy atom. The Labute approximate surface area is 134 Å². The number of imidazole rings is 1. The van der Waals surface area contributed by atoms with Crippen LogP contribution in [-0.4, -0.2) is 81.5 Å². The lowest BCUT2D eigenvalue weighted by atomic mass is 10.0. The Hall–Kier alpha value is -1.77. The summed E-state index contributed by atoms with van der Waals surface area (Å²) >= 11 is 0. The average molecular weight is 318 g/mol. The molecular weight excluding hydrogens is 296 g/mol. The molecule has 2 fully saturated rings. The van der Waals surface area contributed by atoms with E-state index in [9.17, 15) is 5.11 Å². The number of rotatable bonds is 3. The van der Waals surface area contributed by atoms with Gasteiger partial charge in [-0.15, -0.1) is 0 Å². The highest BCUT2D eigenvalue weighted by molar-refractivity contribution is 5.82. The molecule has 2 N–H and O–H groups in total. The minimum atomic E-state index is -0.891. The molecule has 2 aliphatic heterocycles. The molecule has 0 bridgehead atoms. The van der Waals surface area contributed by atoms with Crippen LogP contribution in [0.25, 0.3) is 11.2 Å². The Morgan fingerprint density at radius 3 is 2.96 bits per heavy atom. The van der Waals surface area contributed by atoms with Gasteiger partial charge in [0.1, 0.15) is 17.4 Å². The smallest absolute Gasteiger partial charge is 0.182 e. The van der Waals surface area contributed by atoms with E-state index in [0.29, 0.717) is 38.5 Å². The summed E-state index contributed by atoms with van der Waals surface area (Å²) in [6.07, 6.45) is 5.56. The van der Waals surface area contributed by atoms with Gasteiger partial charge < -0.3 is 24.6 Å². The second kappa shape index (κ2) is 6.03. The van der Waals surface area contributed by atoms with Gasteiger partial charge in [0.2, 0.25) is 0 Å². The molecule has 0 amide bonds. The number of aromatic nitrogens is 4. The normalized spacial score (nSPS) is 26.7. The molecule has 0 spiro atoms. The molecule has 2 saturated heterocycles. The molecule has 2 aliphatic rings. The monoisotopic (exact) mass is 318 g/mol. The molecule has 0 aliphatic carbocycles. The number of likely N-dealkylation sites (tertiary alicyclic amines) is 1. The van der Waals surface area contributed by atoms with Crippen LogP contribution in [0.4, 0.5) is 5.82 Å². The number of aromatic amines is 1. The predicted molar refractivity (Wildman–Crippen MR) is 85.3 cm³/mol. The van der Waals surface area contributed by atoms with Crippen molar-refractivity contribution in [3.8, 4) is 0 Å². The van der Waals surface area contributed by atoms with Gasteiger partial charge in [-0.1, -0.05) is 0 Å². The molecule has 2 aromatic rings. The second-order valence-electron chi connectivity index (χ2n) is 6.48. The molecule has 23 heavy (non-hydrogen) atoms. The van der Waals surface area contributed by atoms with Crippen molar-refractivity contribution in [3.05, 3.63) is 12.7 Å². The summed E-state index contributed by atoms with van der Waals surface area (Å²) in [5.41, 5.74) is 0.555. The number of H-pyrrole nitrogens is 1. The molecular formula is C15H22N6O2. The zero-order valence-electron chi connectivity index (χ0n) is 13.1. The van der Waals surface area contributed by atoms with E-state index in [1.807, 2.05) is 0 Å². The Bertz CT molecular complexity index is 671. The van der Waals surface area contributed by atoms with Crippen LogP contribution in [0.3, 0.4) is 0 Å². The zero-order valence-corrected chi connectivity index (χ0v) is 13.1. The molecule has 2 aromatic heterocycles. The highest BCUT2D eigenvalue weighted by atomic mass is 16.5.